The maximum absolute atomic E-state index is 12.5. The topological polar surface area (TPSA) is 29.1 Å². The Hall–Kier alpha value is -1.20. The van der Waals surface area contributed by atoms with Gasteiger partial charge in [-0.05, 0) is 18.6 Å². The molecule has 1 aromatic rings. The van der Waals surface area contributed by atoms with Crippen LogP contribution in [0.3, 0.4) is 0 Å². The van der Waals surface area contributed by atoms with Gasteiger partial charge in [0.05, 0.1) is 5.56 Å². The molecule has 1 rings (SSSR count). The molecular formula is C13H12Cl2F3NO. The molecule has 0 atom stereocenters. The number of nitrogens with one attached hydrogen (secondary N) is 1. The number of amides is 1. The molecule has 2 nitrogen and oxygen atoms in total. The van der Waals surface area contributed by atoms with Crippen molar-refractivity contribution < 1.29 is 18.0 Å². The van der Waals surface area contributed by atoms with Crippen molar-refractivity contribution in [3.05, 3.63) is 39.4 Å². The average molecular weight is 326 g/mol. The second kappa shape index (κ2) is 6.99. The SMILES string of the molecule is CC(=O)NCCC=Cc1c(Cl)cc(C(F)(F)F)cc1Cl. The summed E-state index contributed by atoms with van der Waals surface area (Å²) >= 11 is 11.6. The van der Waals surface area contributed by atoms with Crippen LogP contribution in [0.4, 0.5) is 13.2 Å². The Labute approximate surface area is 124 Å². The molecule has 0 saturated carbocycles. The van der Waals surface area contributed by atoms with E-state index in [4.69, 9.17) is 23.2 Å². The minimum atomic E-state index is -4.49. The number of hydrogen-bond donors (Lipinski definition) is 1. The molecule has 110 valence electrons. The number of carbonyl (C=O) groups is 1. The van der Waals surface area contributed by atoms with E-state index in [9.17, 15) is 18.0 Å². The molecule has 0 aliphatic rings. The van der Waals surface area contributed by atoms with Crippen LogP contribution in [0.25, 0.3) is 6.08 Å². The number of carbonyl (C=O) groups excluding carboxylic acids is 1. The summed E-state index contributed by atoms with van der Waals surface area (Å²) < 4.78 is 37.6. The van der Waals surface area contributed by atoms with Gasteiger partial charge in [0.1, 0.15) is 0 Å². The minimum Gasteiger partial charge on any atom is -0.356 e. The summed E-state index contributed by atoms with van der Waals surface area (Å²) in [6.45, 7) is 1.83. The van der Waals surface area contributed by atoms with Crippen LogP contribution >= 0.6 is 23.2 Å². The lowest BCUT2D eigenvalue weighted by molar-refractivity contribution is -0.137. The Bertz CT molecular complexity index is 504. The van der Waals surface area contributed by atoms with E-state index in [1.165, 1.54) is 13.0 Å². The van der Waals surface area contributed by atoms with Gasteiger partial charge in [0.15, 0.2) is 0 Å². The van der Waals surface area contributed by atoms with Crippen LogP contribution < -0.4 is 5.32 Å². The first-order valence-corrected chi connectivity index (χ1v) is 6.44. The lowest BCUT2D eigenvalue weighted by atomic mass is 10.1. The maximum atomic E-state index is 12.5. The molecule has 0 spiro atoms. The van der Waals surface area contributed by atoms with Crippen molar-refractivity contribution in [1.29, 1.82) is 0 Å². The largest absolute Gasteiger partial charge is 0.416 e. The van der Waals surface area contributed by atoms with E-state index in [0.717, 1.165) is 12.1 Å². The molecule has 1 aromatic carbocycles. The number of rotatable bonds is 4. The maximum Gasteiger partial charge on any atom is 0.416 e. The van der Waals surface area contributed by atoms with Crippen LogP contribution in [-0.2, 0) is 11.0 Å². The first kappa shape index (κ1) is 16.9. The summed E-state index contributed by atoms with van der Waals surface area (Å²) in [7, 11) is 0. The lowest BCUT2D eigenvalue weighted by Crippen LogP contribution is -2.20. The van der Waals surface area contributed by atoms with E-state index < -0.39 is 11.7 Å². The van der Waals surface area contributed by atoms with Crippen molar-refractivity contribution in [2.75, 3.05) is 6.54 Å². The summed E-state index contributed by atoms with van der Waals surface area (Å²) in [6.07, 6.45) is -0.753. The summed E-state index contributed by atoms with van der Waals surface area (Å²) in [5.74, 6) is -0.149. The van der Waals surface area contributed by atoms with Gasteiger partial charge in [-0.3, -0.25) is 4.79 Å². The Morgan fingerprint density at radius 1 is 1.30 bits per heavy atom. The quantitative estimate of drug-likeness (QED) is 0.808. The van der Waals surface area contributed by atoms with Crippen molar-refractivity contribution in [3.63, 3.8) is 0 Å². The highest BCUT2D eigenvalue weighted by molar-refractivity contribution is 6.37. The standard InChI is InChI=1S/C13H12Cl2F3NO/c1-8(20)19-5-3-2-4-10-11(14)6-9(7-12(10)15)13(16,17)18/h2,4,6-7H,3,5H2,1H3,(H,19,20). The van der Waals surface area contributed by atoms with Gasteiger partial charge in [0.25, 0.3) is 0 Å². The van der Waals surface area contributed by atoms with Crippen molar-refractivity contribution in [1.82, 2.24) is 5.32 Å². The highest BCUT2D eigenvalue weighted by atomic mass is 35.5. The highest BCUT2D eigenvalue weighted by Gasteiger charge is 2.31. The van der Waals surface area contributed by atoms with E-state index in [-0.39, 0.29) is 16.0 Å². The van der Waals surface area contributed by atoms with Crippen molar-refractivity contribution >= 4 is 35.2 Å². The molecule has 7 heteroatoms. The predicted molar refractivity (Wildman–Crippen MR) is 73.8 cm³/mol. The van der Waals surface area contributed by atoms with Gasteiger partial charge in [-0.15, -0.1) is 0 Å². The number of hydrogen-bond acceptors (Lipinski definition) is 1. The van der Waals surface area contributed by atoms with Crippen molar-refractivity contribution in [2.45, 2.75) is 19.5 Å². The van der Waals surface area contributed by atoms with Gasteiger partial charge >= 0.3 is 6.18 Å². The lowest BCUT2D eigenvalue weighted by Gasteiger charge is -2.10. The normalized spacial score (nSPS) is 11.9. The zero-order valence-corrected chi connectivity index (χ0v) is 12.0. The average Bonchev–Trinajstić information content (AvgIpc) is 2.29. The van der Waals surface area contributed by atoms with Crippen LogP contribution in [0, 0.1) is 0 Å². The second-order valence-corrected chi connectivity index (χ2v) is 4.84. The smallest absolute Gasteiger partial charge is 0.356 e. The van der Waals surface area contributed by atoms with Crippen LogP contribution in [0.15, 0.2) is 18.2 Å². The highest BCUT2D eigenvalue weighted by Crippen LogP contribution is 2.36. The molecule has 0 radical (unpaired) electrons. The van der Waals surface area contributed by atoms with Gasteiger partial charge in [-0.2, -0.15) is 13.2 Å². The van der Waals surface area contributed by atoms with Crippen LogP contribution in [0.1, 0.15) is 24.5 Å². The molecule has 0 saturated heterocycles. The fourth-order valence-electron chi connectivity index (χ4n) is 1.44. The van der Waals surface area contributed by atoms with Gasteiger partial charge in [-0.25, -0.2) is 0 Å². The summed E-state index contributed by atoms with van der Waals surface area (Å²) in [4.78, 5) is 10.6. The Kier molecular flexibility index (Phi) is 5.89. The Balaban J connectivity index is 2.82. The van der Waals surface area contributed by atoms with Crippen LogP contribution in [0.2, 0.25) is 10.0 Å². The molecule has 0 fully saturated rings. The monoisotopic (exact) mass is 325 g/mol. The zero-order chi connectivity index (χ0) is 15.3. The van der Waals surface area contributed by atoms with Crippen LogP contribution in [0.5, 0.6) is 0 Å². The molecule has 1 N–H and O–H groups in total. The van der Waals surface area contributed by atoms with Gasteiger partial charge in [0.2, 0.25) is 5.91 Å². The van der Waals surface area contributed by atoms with E-state index in [0.29, 0.717) is 18.5 Å². The fraction of sp³-hybridized carbons (Fsp3) is 0.308. The molecule has 0 bridgehead atoms. The van der Waals surface area contributed by atoms with E-state index in [1.807, 2.05) is 0 Å². The van der Waals surface area contributed by atoms with Crippen molar-refractivity contribution in [2.24, 2.45) is 0 Å². The van der Waals surface area contributed by atoms with Gasteiger partial charge in [-0.1, -0.05) is 35.4 Å². The molecular weight excluding hydrogens is 314 g/mol. The third kappa shape index (κ3) is 5.06. The molecule has 0 unspecified atom stereocenters. The third-order valence-electron chi connectivity index (χ3n) is 2.38. The van der Waals surface area contributed by atoms with Gasteiger partial charge < -0.3 is 5.32 Å². The predicted octanol–water partition coefficient (Wildman–Crippen LogP) is 4.55. The molecule has 0 aromatic heterocycles. The molecule has 1 amide bonds. The second-order valence-electron chi connectivity index (χ2n) is 4.03. The number of halogens is 5. The summed E-state index contributed by atoms with van der Waals surface area (Å²) in [6, 6.07) is 1.67. The van der Waals surface area contributed by atoms with Gasteiger partial charge in [0, 0.05) is 29.1 Å². The first-order valence-electron chi connectivity index (χ1n) is 5.69. The third-order valence-corrected chi connectivity index (χ3v) is 3.00. The minimum absolute atomic E-state index is 0.0689. The van der Waals surface area contributed by atoms with E-state index in [1.54, 1.807) is 6.08 Å². The van der Waals surface area contributed by atoms with Crippen LogP contribution in [-0.4, -0.2) is 12.5 Å². The zero-order valence-electron chi connectivity index (χ0n) is 10.5. The first-order chi connectivity index (χ1) is 9.21. The Morgan fingerprint density at radius 3 is 2.30 bits per heavy atom. The number of benzene rings is 1. The van der Waals surface area contributed by atoms with E-state index >= 15 is 0 Å². The van der Waals surface area contributed by atoms with Crippen molar-refractivity contribution in [3.8, 4) is 0 Å². The molecule has 20 heavy (non-hydrogen) atoms. The molecule has 0 aliphatic heterocycles. The molecule has 0 aliphatic carbocycles. The molecule has 0 heterocycles. The summed E-state index contributed by atoms with van der Waals surface area (Å²) in [5, 5.41) is 2.45. The summed E-state index contributed by atoms with van der Waals surface area (Å²) in [5.41, 5.74) is -0.563. The van der Waals surface area contributed by atoms with E-state index in [2.05, 4.69) is 5.32 Å². The number of alkyl halides is 3. The Morgan fingerprint density at radius 2 is 1.85 bits per heavy atom. The fourth-order valence-corrected chi connectivity index (χ4v) is 2.05.